The second-order valence-corrected chi connectivity index (χ2v) is 7.34. The first-order valence-corrected chi connectivity index (χ1v) is 9.16. The molecule has 0 unspecified atom stereocenters. The third-order valence-electron chi connectivity index (χ3n) is 4.32. The molecule has 1 fully saturated rings. The summed E-state index contributed by atoms with van der Waals surface area (Å²) in [6, 6.07) is 5.73. The fourth-order valence-electron chi connectivity index (χ4n) is 3.00. The summed E-state index contributed by atoms with van der Waals surface area (Å²) in [7, 11) is 0. The van der Waals surface area contributed by atoms with Gasteiger partial charge in [-0.15, -0.1) is 11.3 Å². The smallest absolute Gasteiger partial charge is 0.342 e. The number of nitrogens with two attached hydrogens (primary N) is 1. The molecular formula is C18H20ClNO2S. The van der Waals surface area contributed by atoms with Gasteiger partial charge in [0.15, 0.2) is 0 Å². The number of rotatable bonds is 3. The Labute approximate surface area is 145 Å². The van der Waals surface area contributed by atoms with Crippen LogP contribution in [-0.2, 0) is 4.74 Å². The first-order valence-electron chi connectivity index (χ1n) is 7.90. The highest BCUT2D eigenvalue weighted by atomic mass is 35.5. The normalized spacial score (nSPS) is 15.6. The van der Waals surface area contributed by atoms with Crippen molar-refractivity contribution in [3.63, 3.8) is 0 Å². The van der Waals surface area contributed by atoms with Crippen LogP contribution in [-0.4, -0.2) is 12.1 Å². The topological polar surface area (TPSA) is 52.3 Å². The molecule has 0 atom stereocenters. The number of carbonyl (C=O) groups excluding carboxylic acids is 1. The van der Waals surface area contributed by atoms with Crippen molar-refractivity contribution in [2.24, 2.45) is 0 Å². The Morgan fingerprint density at radius 2 is 2.04 bits per heavy atom. The van der Waals surface area contributed by atoms with Crippen LogP contribution in [0.25, 0.3) is 11.1 Å². The van der Waals surface area contributed by atoms with Crippen LogP contribution in [0.5, 0.6) is 0 Å². The van der Waals surface area contributed by atoms with E-state index < -0.39 is 0 Å². The Morgan fingerprint density at radius 1 is 1.30 bits per heavy atom. The van der Waals surface area contributed by atoms with E-state index in [9.17, 15) is 4.79 Å². The van der Waals surface area contributed by atoms with E-state index in [2.05, 4.69) is 0 Å². The maximum absolute atomic E-state index is 12.6. The molecule has 23 heavy (non-hydrogen) atoms. The van der Waals surface area contributed by atoms with Crippen molar-refractivity contribution in [1.82, 2.24) is 0 Å². The number of anilines is 1. The molecule has 0 radical (unpaired) electrons. The monoisotopic (exact) mass is 349 g/mol. The van der Waals surface area contributed by atoms with Gasteiger partial charge in [-0.3, -0.25) is 0 Å². The van der Waals surface area contributed by atoms with Crippen molar-refractivity contribution >= 4 is 33.9 Å². The van der Waals surface area contributed by atoms with Crippen LogP contribution in [0.15, 0.2) is 23.6 Å². The summed E-state index contributed by atoms with van der Waals surface area (Å²) in [6.45, 7) is 1.95. The lowest BCUT2D eigenvalue weighted by molar-refractivity contribution is 0.0214. The van der Waals surface area contributed by atoms with E-state index in [-0.39, 0.29) is 12.1 Å². The molecule has 5 heteroatoms. The summed E-state index contributed by atoms with van der Waals surface area (Å²) in [5, 5.41) is 3.13. The van der Waals surface area contributed by atoms with Gasteiger partial charge in [0.05, 0.1) is 0 Å². The van der Waals surface area contributed by atoms with E-state index >= 15 is 0 Å². The Kier molecular flexibility index (Phi) is 4.93. The standard InChI is InChI=1S/C18H20ClNO2S/c1-11-9-12(7-8-15(11)19)14-10-23-17(20)16(14)18(21)22-13-5-3-2-4-6-13/h7-10,13H,2-6,20H2,1H3. The Bertz CT molecular complexity index is 720. The van der Waals surface area contributed by atoms with Crippen molar-refractivity contribution in [3.8, 4) is 11.1 Å². The number of aryl methyl sites for hydroxylation is 1. The molecule has 3 rings (SSSR count). The molecule has 0 saturated heterocycles. The van der Waals surface area contributed by atoms with Crippen LogP contribution in [0.2, 0.25) is 5.02 Å². The zero-order valence-corrected chi connectivity index (χ0v) is 14.7. The van der Waals surface area contributed by atoms with E-state index in [1.54, 1.807) is 0 Å². The number of carbonyl (C=O) groups is 1. The number of hydrogen-bond acceptors (Lipinski definition) is 4. The second kappa shape index (κ2) is 6.93. The van der Waals surface area contributed by atoms with Gasteiger partial charge in [0.1, 0.15) is 16.7 Å². The maximum Gasteiger partial charge on any atom is 0.342 e. The quantitative estimate of drug-likeness (QED) is 0.749. The predicted molar refractivity (Wildman–Crippen MR) is 96.2 cm³/mol. The van der Waals surface area contributed by atoms with Gasteiger partial charge in [-0.1, -0.05) is 24.1 Å². The second-order valence-electron chi connectivity index (χ2n) is 6.02. The largest absolute Gasteiger partial charge is 0.459 e. The molecule has 0 spiro atoms. The summed E-state index contributed by atoms with van der Waals surface area (Å²) >= 11 is 7.46. The van der Waals surface area contributed by atoms with E-state index in [4.69, 9.17) is 22.1 Å². The minimum atomic E-state index is -0.307. The zero-order chi connectivity index (χ0) is 16.4. The molecule has 3 nitrogen and oxygen atoms in total. The molecule has 0 aliphatic heterocycles. The lowest BCUT2D eigenvalue weighted by Gasteiger charge is -2.22. The van der Waals surface area contributed by atoms with Crippen LogP contribution in [0.3, 0.4) is 0 Å². The number of ether oxygens (including phenoxy) is 1. The zero-order valence-electron chi connectivity index (χ0n) is 13.1. The van der Waals surface area contributed by atoms with Gasteiger partial charge in [0.2, 0.25) is 0 Å². The van der Waals surface area contributed by atoms with Crippen molar-refractivity contribution in [1.29, 1.82) is 0 Å². The molecule has 1 saturated carbocycles. The highest BCUT2D eigenvalue weighted by Crippen LogP contribution is 2.36. The molecule has 1 aromatic heterocycles. The number of halogens is 1. The van der Waals surface area contributed by atoms with Crippen molar-refractivity contribution in [3.05, 3.63) is 39.7 Å². The lowest BCUT2D eigenvalue weighted by Crippen LogP contribution is -2.21. The summed E-state index contributed by atoms with van der Waals surface area (Å²) in [5.41, 5.74) is 9.27. The molecule has 2 aromatic rings. The maximum atomic E-state index is 12.6. The van der Waals surface area contributed by atoms with Crippen LogP contribution in [0.4, 0.5) is 5.00 Å². The number of esters is 1. The van der Waals surface area contributed by atoms with Crippen molar-refractivity contribution in [2.75, 3.05) is 5.73 Å². The number of nitrogen functional groups attached to an aromatic ring is 1. The Hall–Kier alpha value is -1.52. The minimum Gasteiger partial charge on any atom is -0.459 e. The molecule has 1 aliphatic rings. The highest BCUT2D eigenvalue weighted by Gasteiger charge is 2.24. The van der Waals surface area contributed by atoms with Crippen LogP contribution >= 0.6 is 22.9 Å². The first-order chi connectivity index (χ1) is 11.1. The fraction of sp³-hybridized carbons (Fsp3) is 0.389. The Balaban J connectivity index is 1.88. The highest BCUT2D eigenvalue weighted by molar-refractivity contribution is 7.14. The van der Waals surface area contributed by atoms with Gasteiger partial charge in [0, 0.05) is 16.0 Å². The molecule has 0 bridgehead atoms. The fourth-order valence-corrected chi connectivity index (χ4v) is 3.93. The van der Waals surface area contributed by atoms with Gasteiger partial charge in [-0.05, 0) is 55.9 Å². The molecular weight excluding hydrogens is 330 g/mol. The predicted octanol–water partition coefficient (Wildman–Crippen LogP) is 5.45. The molecule has 2 N–H and O–H groups in total. The van der Waals surface area contributed by atoms with E-state index in [1.807, 2.05) is 30.5 Å². The van der Waals surface area contributed by atoms with Gasteiger partial charge >= 0.3 is 5.97 Å². The van der Waals surface area contributed by atoms with Gasteiger partial charge in [-0.25, -0.2) is 4.79 Å². The summed E-state index contributed by atoms with van der Waals surface area (Å²) in [5.74, 6) is -0.307. The van der Waals surface area contributed by atoms with E-state index in [0.717, 1.165) is 42.4 Å². The van der Waals surface area contributed by atoms with Crippen LogP contribution in [0.1, 0.15) is 48.0 Å². The average molecular weight is 350 g/mol. The van der Waals surface area contributed by atoms with E-state index in [0.29, 0.717) is 15.6 Å². The van der Waals surface area contributed by atoms with Gasteiger partial charge < -0.3 is 10.5 Å². The van der Waals surface area contributed by atoms with Gasteiger partial charge in [-0.2, -0.15) is 0 Å². The molecule has 1 aromatic carbocycles. The minimum absolute atomic E-state index is 0.0235. The average Bonchev–Trinajstić information content (AvgIpc) is 2.93. The molecule has 0 amide bonds. The van der Waals surface area contributed by atoms with Crippen molar-refractivity contribution < 1.29 is 9.53 Å². The molecule has 1 heterocycles. The van der Waals surface area contributed by atoms with E-state index in [1.165, 1.54) is 17.8 Å². The Morgan fingerprint density at radius 3 is 2.74 bits per heavy atom. The third kappa shape index (κ3) is 3.54. The number of thiophene rings is 1. The molecule has 122 valence electrons. The number of benzene rings is 1. The van der Waals surface area contributed by atoms with Gasteiger partial charge in [0.25, 0.3) is 0 Å². The number of hydrogen-bond donors (Lipinski definition) is 1. The lowest BCUT2D eigenvalue weighted by atomic mass is 9.97. The molecule has 1 aliphatic carbocycles. The SMILES string of the molecule is Cc1cc(-c2csc(N)c2C(=O)OC2CCCCC2)ccc1Cl. The summed E-state index contributed by atoms with van der Waals surface area (Å²) in [4.78, 5) is 12.6. The summed E-state index contributed by atoms with van der Waals surface area (Å²) in [6.07, 6.45) is 5.40. The van der Waals surface area contributed by atoms with Crippen LogP contribution < -0.4 is 5.73 Å². The van der Waals surface area contributed by atoms with Crippen molar-refractivity contribution in [2.45, 2.75) is 45.1 Å². The third-order valence-corrected chi connectivity index (χ3v) is 5.55. The van der Waals surface area contributed by atoms with Crippen LogP contribution in [0, 0.1) is 6.92 Å². The first kappa shape index (κ1) is 16.3. The summed E-state index contributed by atoms with van der Waals surface area (Å²) < 4.78 is 5.69.